The minimum Gasteiger partial charge on any atom is -0.345 e. The number of para-hydroxylation sites is 2. The maximum absolute atomic E-state index is 12.6. The number of rotatable bonds is 5. The van der Waals surface area contributed by atoms with E-state index in [1.807, 2.05) is 60.7 Å². The highest BCUT2D eigenvalue weighted by atomic mass is 16.1. The van der Waals surface area contributed by atoms with Crippen molar-refractivity contribution in [3.63, 3.8) is 0 Å². The highest BCUT2D eigenvalue weighted by molar-refractivity contribution is 5.97. The van der Waals surface area contributed by atoms with E-state index in [4.69, 9.17) is 0 Å². The molecule has 0 bridgehead atoms. The fourth-order valence-corrected chi connectivity index (χ4v) is 3.11. The average molecular weight is 369 g/mol. The van der Waals surface area contributed by atoms with Crippen LogP contribution in [-0.2, 0) is 6.54 Å². The zero-order valence-corrected chi connectivity index (χ0v) is 15.4. The second-order valence-electron chi connectivity index (χ2n) is 6.60. The van der Waals surface area contributed by atoms with Crippen LogP contribution in [-0.4, -0.2) is 21.7 Å². The molecule has 5 heteroatoms. The Balaban J connectivity index is 1.51. The number of ketones is 1. The lowest BCUT2D eigenvalue weighted by Crippen LogP contribution is -2.23. The molecule has 1 aromatic heterocycles. The Labute approximate surface area is 162 Å². The molecule has 4 rings (SSSR count). The van der Waals surface area contributed by atoms with Crippen LogP contribution in [0.1, 0.15) is 33.5 Å². The Morgan fingerprint density at radius 2 is 1.57 bits per heavy atom. The van der Waals surface area contributed by atoms with Crippen molar-refractivity contribution in [1.82, 2.24) is 15.3 Å². The third-order valence-electron chi connectivity index (χ3n) is 4.58. The van der Waals surface area contributed by atoms with Gasteiger partial charge in [0.05, 0.1) is 17.6 Å². The molecule has 2 N–H and O–H groups in total. The molecule has 1 heterocycles. The minimum atomic E-state index is -0.176. The van der Waals surface area contributed by atoms with Gasteiger partial charge < -0.3 is 10.3 Å². The molecule has 138 valence electrons. The number of fused-ring (bicyclic) bond motifs is 1. The maximum atomic E-state index is 12.6. The first-order chi connectivity index (χ1) is 13.6. The third kappa shape index (κ3) is 3.69. The summed E-state index contributed by atoms with van der Waals surface area (Å²) in [4.78, 5) is 31.9. The number of aromatic amines is 1. The number of hydrogen-bond acceptors (Lipinski definition) is 3. The molecular formula is C23H19N3O2. The number of benzene rings is 3. The van der Waals surface area contributed by atoms with Crippen LogP contribution in [0.4, 0.5) is 0 Å². The van der Waals surface area contributed by atoms with Gasteiger partial charge in [-0.1, -0.05) is 42.5 Å². The Kier molecular flexibility index (Phi) is 4.72. The summed E-state index contributed by atoms with van der Waals surface area (Å²) in [5.74, 6) is 0.548. The van der Waals surface area contributed by atoms with Crippen molar-refractivity contribution in [2.45, 2.75) is 13.5 Å². The fourth-order valence-electron chi connectivity index (χ4n) is 3.11. The quantitative estimate of drug-likeness (QED) is 0.513. The van der Waals surface area contributed by atoms with Crippen molar-refractivity contribution >= 4 is 22.7 Å². The average Bonchev–Trinajstić information content (AvgIpc) is 3.15. The molecule has 28 heavy (non-hydrogen) atoms. The summed E-state index contributed by atoms with van der Waals surface area (Å²) in [7, 11) is 0. The zero-order chi connectivity index (χ0) is 19.5. The van der Waals surface area contributed by atoms with E-state index in [0.717, 1.165) is 22.2 Å². The molecule has 0 radical (unpaired) electrons. The lowest BCUT2D eigenvalue weighted by Gasteiger charge is -2.07. The van der Waals surface area contributed by atoms with Gasteiger partial charge in [-0.25, -0.2) is 4.98 Å². The van der Waals surface area contributed by atoms with Crippen molar-refractivity contribution in [3.8, 4) is 11.1 Å². The van der Waals surface area contributed by atoms with E-state index >= 15 is 0 Å². The standard InChI is InChI=1S/C23H19N3O2/c1-15(27)16-6-4-7-17(12-16)18-8-5-9-19(13-18)23(28)24-14-22-25-20-10-2-3-11-21(20)26-22/h2-13H,14H2,1H3,(H,24,28)(H,25,26). The van der Waals surface area contributed by atoms with Crippen molar-refractivity contribution in [2.75, 3.05) is 0 Å². The van der Waals surface area contributed by atoms with Gasteiger partial charge >= 0.3 is 0 Å². The Hall–Kier alpha value is -3.73. The molecule has 1 amide bonds. The van der Waals surface area contributed by atoms with Crippen molar-refractivity contribution in [1.29, 1.82) is 0 Å². The molecule has 0 saturated heterocycles. The smallest absolute Gasteiger partial charge is 0.251 e. The number of nitrogens with one attached hydrogen (secondary N) is 2. The second kappa shape index (κ2) is 7.48. The normalized spacial score (nSPS) is 10.8. The van der Waals surface area contributed by atoms with Gasteiger partial charge in [-0.05, 0) is 48.4 Å². The highest BCUT2D eigenvalue weighted by Gasteiger charge is 2.10. The van der Waals surface area contributed by atoms with Crippen LogP contribution in [0, 0.1) is 0 Å². The largest absolute Gasteiger partial charge is 0.345 e. The summed E-state index contributed by atoms with van der Waals surface area (Å²) < 4.78 is 0. The molecule has 4 aromatic rings. The number of hydrogen-bond donors (Lipinski definition) is 2. The SMILES string of the molecule is CC(=O)c1cccc(-c2cccc(C(=O)NCc3nc4ccccc4[nH]3)c2)c1. The summed E-state index contributed by atoms with van der Waals surface area (Å²) in [5.41, 5.74) is 4.82. The first-order valence-electron chi connectivity index (χ1n) is 9.03. The third-order valence-corrected chi connectivity index (χ3v) is 4.58. The first-order valence-corrected chi connectivity index (χ1v) is 9.03. The predicted octanol–water partition coefficient (Wildman–Crippen LogP) is 4.36. The van der Waals surface area contributed by atoms with E-state index in [0.29, 0.717) is 23.5 Å². The summed E-state index contributed by atoms with van der Waals surface area (Å²) in [6.07, 6.45) is 0. The van der Waals surface area contributed by atoms with Crippen LogP contribution in [0.5, 0.6) is 0 Å². The first kappa shape index (κ1) is 17.7. The van der Waals surface area contributed by atoms with Crippen molar-refractivity contribution in [3.05, 3.63) is 89.7 Å². The van der Waals surface area contributed by atoms with Gasteiger partial charge in [0.15, 0.2) is 5.78 Å². The van der Waals surface area contributed by atoms with Gasteiger partial charge in [0.2, 0.25) is 0 Å². The van der Waals surface area contributed by atoms with E-state index < -0.39 is 0 Å². The minimum absolute atomic E-state index is 0.0154. The van der Waals surface area contributed by atoms with E-state index in [1.54, 1.807) is 19.1 Å². The summed E-state index contributed by atoms with van der Waals surface area (Å²) in [5, 5.41) is 2.90. The molecule has 0 aliphatic rings. The van der Waals surface area contributed by atoms with Crippen molar-refractivity contribution < 1.29 is 9.59 Å². The Morgan fingerprint density at radius 1 is 0.893 bits per heavy atom. The molecule has 0 fully saturated rings. The number of imidazole rings is 1. The maximum Gasteiger partial charge on any atom is 0.251 e. The van der Waals surface area contributed by atoms with Gasteiger partial charge in [-0.15, -0.1) is 0 Å². The molecule has 0 atom stereocenters. The summed E-state index contributed by atoms with van der Waals surface area (Å²) in [6, 6.07) is 22.5. The lowest BCUT2D eigenvalue weighted by molar-refractivity contribution is 0.0949. The van der Waals surface area contributed by atoms with Gasteiger partial charge in [-0.3, -0.25) is 9.59 Å². The number of nitrogens with zero attached hydrogens (tertiary/aromatic N) is 1. The number of carbonyl (C=O) groups is 2. The summed E-state index contributed by atoms with van der Waals surface area (Å²) in [6.45, 7) is 1.86. The molecule has 0 aliphatic carbocycles. The molecule has 0 unspecified atom stereocenters. The van der Waals surface area contributed by atoms with E-state index in [9.17, 15) is 9.59 Å². The number of amides is 1. The topological polar surface area (TPSA) is 74.8 Å². The van der Waals surface area contributed by atoms with Gasteiger partial charge in [0, 0.05) is 11.1 Å². The summed E-state index contributed by atoms with van der Waals surface area (Å²) >= 11 is 0. The molecule has 0 saturated carbocycles. The fraction of sp³-hybridized carbons (Fsp3) is 0.0870. The number of Topliss-reactive ketones (excluding diaryl/α,β-unsaturated/α-hetero) is 1. The molecule has 5 nitrogen and oxygen atoms in total. The second-order valence-corrected chi connectivity index (χ2v) is 6.60. The monoisotopic (exact) mass is 369 g/mol. The molecule has 3 aromatic carbocycles. The molecule has 0 spiro atoms. The van der Waals surface area contributed by atoms with Gasteiger partial charge in [-0.2, -0.15) is 0 Å². The van der Waals surface area contributed by atoms with Crippen LogP contribution < -0.4 is 5.32 Å². The van der Waals surface area contributed by atoms with E-state index in [1.165, 1.54) is 0 Å². The number of H-pyrrole nitrogens is 1. The lowest BCUT2D eigenvalue weighted by atomic mass is 10.00. The van der Waals surface area contributed by atoms with E-state index in [-0.39, 0.29) is 11.7 Å². The highest BCUT2D eigenvalue weighted by Crippen LogP contribution is 2.22. The van der Waals surface area contributed by atoms with Crippen molar-refractivity contribution in [2.24, 2.45) is 0 Å². The molecule has 0 aliphatic heterocycles. The number of carbonyl (C=O) groups excluding carboxylic acids is 2. The predicted molar refractivity (Wildman–Crippen MR) is 109 cm³/mol. The molecular weight excluding hydrogens is 350 g/mol. The van der Waals surface area contributed by atoms with Crippen LogP contribution >= 0.6 is 0 Å². The zero-order valence-electron chi connectivity index (χ0n) is 15.4. The van der Waals surface area contributed by atoms with Crippen LogP contribution in [0.15, 0.2) is 72.8 Å². The van der Waals surface area contributed by atoms with Crippen LogP contribution in [0.3, 0.4) is 0 Å². The number of aromatic nitrogens is 2. The van der Waals surface area contributed by atoms with Crippen LogP contribution in [0.2, 0.25) is 0 Å². The van der Waals surface area contributed by atoms with Gasteiger partial charge in [0.1, 0.15) is 5.82 Å². The van der Waals surface area contributed by atoms with Crippen LogP contribution in [0.25, 0.3) is 22.2 Å². The van der Waals surface area contributed by atoms with E-state index in [2.05, 4.69) is 15.3 Å². The van der Waals surface area contributed by atoms with Gasteiger partial charge in [0.25, 0.3) is 5.91 Å². The Bertz CT molecular complexity index is 1140. The Morgan fingerprint density at radius 3 is 2.29 bits per heavy atom.